The zero-order chi connectivity index (χ0) is 21.8. The van der Waals surface area contributed by atoms with Crippen molar-refractivity contribution in [1.82, 2.24) is 25.2 Å². The summed E-state index contributed by atoms with van der Waals surface area (Å²) >= 11 is 1.73. The number of hydrogen-bond acceptors (Lipinski definition) is 6. The third kappa shape index (κ3) is 5.32. The van der Waals surface area contributed by atoms with Crippen LogP contribution in [0.3, 0.4) is 0 Å². The quantitative estimate of drug-likeness (QED) is 0.618. The number of nitrogens with one attached hydrogen (secondary N) is 1. The number of carbonyl (C=O) groups is 1. The molecule has 1 atom stereocenters. The van der Waals surface area contributed by atoms with E-state index in [-0.39, 0.29) is 17.8 Å². The van der Waals surface area contributed by atoms with E-state index in [1.165, 1.54) is 17.0 Å². The van der Waals surface area contributed by atoms with E-state index in [1.54, 1.807) is 29.7 Å². The Morgan fingerprint density at radius 1 is 1.19 bits per heavy atom. The van der Waals surface area contributed by atoms with Gasteiger partial charge in [0, 0.05) is 30.4 Å². The Hall–Kier alpha value is -2.71. The third-order valence-corrected chi connectivity index (χ3v) is 6.45. The van der Waals surface area contributed by atoms with Gasteiger partial charge in [-0.1, -0.05) is 18.6 Å². The van der Waals surface area contributed by atoms with E-state index >= 15 is 0 Å². The molecule has 0 spiro atoms. The second kappa shape index (κ2) is 9.62. The molecule has 1 aliphatic rings. The normalized spacial score (nSPS) is 16.9. The first-order chi connectivity index (χ1) is 15.0. The van der Waals surface area contributed by atoms with Crippen molar-refractivity contribution in [2.75, 3.05) is 6.54 Å². The maximum absolute atomic E-state index is 13.0. The smallest absolute Gasteiger partial charge is 0.254 e. The number of rotatable bonds is 6. The van der Waals surface area contributed by atoms with E-state index in [1.807, 2.05) is 20.0 Å². The average Bonchev–Trinajstić information content (AvgIpc) is 3.18. The van der Waals surface area contributed by atoms with Crippen molar-refractivity contribution < 1.29 is 9.18 Å². The van der Waals surface area contributed by atoms with Crippen LogP contribution in [0.25, 0.3) is 0 Å². The van der Waals surface area contributed by atoms with Gasteiger partial charge in [0.1, 0.15) is 11.6 Å². The number of halogens is 1. The van der Waals surface area contributed by atoms with E-state index in [9.17, 15) is 9.18 Å². The summed E-state index contributed by atoms with van der Waals surface area (Å²) in [6.07, 6.45) is 6.89. The number of amides is 1. The summed E-state index contributed by atoms with van der Waals surface area (Å²) in [6.45, 7) is 6.04. The Morgan fingerprint density at radius 2 is 2.00 bits per heavy atom. The van der Waals surface area contributed by atoms with Crippen LogP contribution in [-0.4, -0.2) is 32.3 Å². The van der Waals surface area contributed by atoms with Crippen LogP contribution in [0.5, 0.6) is 0 Å². The Bertz CT molecular complexity index is 1050. The van der Waals surface area contributed by atoms with Crippen molar-refractivity contribution in [3.63, 3.8) is 0 Å². The van der Waals surface area contributed by atoms with Gasteiger partial charge in [-0.05, 0) is 50.9 Å². The van der Waals surface area contributed by atoms with Gasteiger partial charge in [-0.15, -0.1) is 11.3 Å². The van der Waals surface area contributed by atoms with Crippen LogP contribution in [-0.2, 0) is 13.1 Å². The molecule has 8 heteroatoms. The maximum atomic E-state index is 13.0. The molecule has 1 aliphatic heterocycles. The molecule has 3 aromatic rings. The molecule has 0 bridgehead atoms. The third-order valence-electron chi connectivity index (χ3n) is 5.55. The highest BCUT2D eigenvalue weighted by Crippen LogP contribution is 2.31. The lowest BCUT2D eigenvalue weighted by Gasteiger charge is -2.34. The van der Waals surface area contributed by atoms with E-state index in [0.29, 0.717) is 17.8 Å². The summed E-state index contributed by atoms with van der Waals surface area (Å²) < 4.78 is 13.0. The Morgan fingerprint density at radius 3 is 2.71 bits per heavy atom. The summed E-state index contributed by atoms with van der Waals surface area (Å²) in [7, 11) is 0. The lowest BCUT2D eigenvalue weighted by Crippen LogP contribution is -2.34. The number of benzene rings is 1. The summed E-state index contributed by atoms with van der Waals surface area (Å²) in [5.41, 5.74) is 1.97. The Labute approximate surface area is 185 Å². The molecule has 0 radical (unpaired) electrons. The van der Waals surface area contributed by atoms with Gasteiger partial charge in [0.2, 0.25) is 0 Å². The molecule has 1 aromatic carbocycles. The fourth-order valence-electron chi connectivity index (χ4n) is 3.90. The van der Waals surface area contributed by atoms with Crippen LogP contribution >= 0.6 is 11.3 Å². The molecule has 1 saturated heterocycles. The fourth-order valence-corrected chi connectivity index (χ4v) is 4.72. The number of nitrogens with zero attached hydrogens (tertiary/aromatic N) is 4. The summed E-state index contributed by atoms with van der Waals surface area (Å²) in [6, 6.07) is 6.22. The molecule has 1 amide bonds. The van der Waals surface area contributed by atoms with Gasteiger partial charge in [-0.3, -0.25) is 9.69 Å². The monoisotopic (exact) mass is 439 g/mol. The number of carbonyl (C=O) groups excluding carboxylic acids is 1. The van der Waals surface area contributed by atoms with E-state index in [2.05, 4.69) is 20.2 Å². The molecule has 0 aliphatic carbocycles. The Balaban J connectivity index is 1.45. The number of thiazole rings is 1. The topological polar surface area (TPSA) is 71.0 Å². The second-order valence-corrected chi connectivity index (χ2v) is 9.18. The molecular formula is C23H26FN5OS. The van der Waals surface area contributed by atoms with E-state index < -0.39 is 0 Å². The SMILES string of the molecule is Cc1ncc(CN2CCCCC2c2ncc(C(=O)NCc3ccc(F)cc3)c(C)n2)s1. The highest BCUT2D eigenvalue weighted by molar-refractivity contribution is 7.11. The van der Waals surface area contributed by atoms with Crippen molar-refractivity contribution in [2.24, 2.45) is 0 Å². The minimum Gasteiger partial charge on any atom is -0.348 e. The summed E-state index contributed by atoms with van der Waals surface area (Å²) in [4.78, 5) is 29.9. The molecule has 3 heterocycles. The van der Waals surface area contributed by atoms with E-state index in [4.69, 9.17) is 4.98 Å². The Kier molecular flexibility index (Phi) is 6.67. The number of hydrogen-bond donors (Lipinski definition) is 1. The van der Waals surface area contributed by atoms with Crippen molar-refractivity contribution in [2.45, 2.75) is 52.2 Å². The second-order valence-electron chi connectivity index (χ2n) is 7.86. The van der Waals surface area contributed by atoms with Gasteiger partial charge < -0.3 is 5.32 Å². The highest BCUT2D eigenvalue weighted by atomic mass is 32.1. The average molecular weight is 440 g/mol. The molecule has 162 valence electrons. The highest BCUT2D eigenvalue weighted by Gasteiger charge is 2.27. The lowest BCUT2D eigenvalue weighted by molar-refractivity contribution is 0.0948. The van der Waals surface area contributed by atoms with Gasteiger partial charge in [0.15, 0.2) is 0 Å². The van der Waals surface area contributed by atoms with Crippen molar-refractivity contribution >= 4 is 17.2 Å². The largest absolute Gasteiger partial charge is 0.348 e. The van der Waals surface area contributed by atoms with Crippen molar-refractivity contribution in [1.29, 1.82) is 0 Å². The van der Waals surface area contributed by atoms with Crippen molar-refractivity contribution in [3.8, 4) is 0 Å². The zero-order valence-corrected chi connectivity index (χ0v) is 18.6. The van der Waals surface area contributed by atoms with Gasteiger partial charge in [-0.25, -0.2) is 19.3 Å². The van der Waals surface area contributed by atoms with Crippen LogP contribution < -0.4 is 5.32 Å². The van der Waals surface area contributed by atoms with Crippen LogP contribution in [0, 0.1) is 19.7 Å². The molecule has 2 aromatic heterocycles. The van der Waals surface area contributed by atoms with Gasteiger partial charge in [0.25, 0.3) is 5.91 Å². The molecule has 1 fully saturated rings. The van der Waals surface area contributed by atoms with Crippen LogP contribution in [0.15, 0.2) is 36.7 Å². The minimum atomic E-state index is -0.294. The predicted molar refractivity (Wildman–Crippen MR) is 118 cm³/mol. The molecule has 6 nitrogen and oxygen atoms in total. The van der Waals surface area contributed by atoms with Gasteiger partial charge in [0.05, 0.1) is 22.3 Å². The predicted octanol–water partition coefficient (Wildman–Crippen LogP) is 4.35. The van der Waals surface area contributed by atoms with Crippen LogP contribution in [0.4, 0.5) is 4.39 Å². The molecular weight excluding hydrogens is 413 g/mol. The first kappa shape index (κ1) is 21.5. The number of piperidine rings is 1. The molecule has 31 heavy (non-hydrogen) atoms. The molecule has 1 unspecified atom stereocenters. The van der Waals surface area contributed by atoms with Gasteiger partial charge >= 0.3 is 0 Å². The first-order valence-corrected chi connectivity index (χ1v) is 11.3. The van der Waals surface area contributed by atoms with E-state index in [0.717, 1.165) is 48.7 Å². The lowest BCUT2D eigenvalue weighted by atomic mass is 10.0. The summed E-state index contributed by atoms with van der Waals surface area (Å²) in [5, 5.41) is 3.94. The number of aryl methyl sites for hydroxylation is 2. The standard InChI is InChI=1S/C23H26FN5OS/c1-15-20(23(30)27-11-17-6-8-18(24)9-7-17)13-26-22(28-15)21-5-3-4-10-29(21)14-19-12-25-16(2)31-19/h6-9,12-13,21H,3-5,10-11,14H2,1-2H3,(H,27,30). The molecule has 4 rings (SSSR count). The van der Waals surface area contributed by atoms with Crippen molar-refractivity contribution in [3.05, 3.63) is 75.0 Å². The van der Waals surface area contributed by atoms with Crippen LogP contribution in [0.1, 0.15) is 62.6 Å². The molecule has 0 saturated carbocycles. The fraction of sp³-hybridized carbons (Fsp3) is 0.391. The molecule has 1 N–H and O–H groups in total. The summed E-state index contributed by atoms with van der Waals surface area (Å²) in [5.74, 6) is 0.250. The van der Waals surface area contributed by atoms with Crippen LogP contribution in [0.2, 0.25) is 0 Å². The number of aromatic nitrogens is 3. The maximum Gasteiger partial charge on any atom is 0.254 e. The first-order valence-electron chi connectivity index (χ1n) is 10.5. The zero-order valence-electron chi connectivity index (χ0n) is 17.8. The van der Waals surface area contributed by atoms with Gasteiger partial charge in [-0.2, -0.15) is 0 Å². The minimum absolute atomic E-state index is 0.145. The number of likely N-dealkylation sites (tertiary alicyclic amines) is 1.